The molecule has 2 fully saturated rings. The molecule has 0 spiro atoms. The van der Waals surface area contributed by atoms with Crippen LogP contribution in [0.3, 0.4) is 0 Å². The average Bonchev–Trinajstić information content (AvgIpc) is 2.73. The number of methoxy groups -OCH3 is 1. The highest BCUT2D eigenvalue weighted by atomic mass is 16.5. The predicted octanol–water partition coefficient (Wildman–Crippen LogP) is 0.692. The van der Waals surface area contributed by atoms with Crippen LogP contribution in [0.25, 0.3) is 0 Å². The number of nitrogens with two attached hydrogens (primary N) is 1. The van der Waals surface area contributed by atoms with E-state index >= 15 is 0 Å². The van der Waals surface area contributed by atoms with Crippen LogP contribution < -0.4 is 5.73 Å². The van der Waals surface area contributed by atoms with Crippen LogP contribution in [0.15, 0.2) is 0 Å². The lowest BCUT2D eigenvalue weighted by atomic mass is 10.0. The van der Waals surface area contributed by atoms with Crippen LogP contribution in [0.5, 0.6) is 0 Å². The monoisotopic (exact) mass is 198 g/mol. The van der Waals surface area contributed by atoms with E-state index in [1.54, 1.807) is 7.11 Å². The summed E-state index contributed by atoms with van der Waals surface area (Å²) in [7, 11) is 1.76. The van der Waals surface area contributed by atoms with Crippen molar-refractivity contribution >= 4 is 0 Å². The Bertz CT molecular complexity index is 174. The number of fused-ring (bicyclic) bond motifs is 1. The zero-order valence-corrected chi connectivity index (χ0v) is 9.11. The van der Waals surface area contributed by atoms with Crippen LogP contribution in [-0.4, -0.2) is 44.3 Å². The van der Waals surface area contributed by atoms with Gasteiger partial charge in [0.05, 0.1) is 6.61 Å². The molecule has 3 nitrogen and oxygen atoms in total. The summed E-state index contributed by atoms with van der Waals surface area (Å²) in [5, 5.41) is 0. The Balaban J connectivity index is 1.87. The number of hydrogen-bond acceptors (Lipinski definition) is 3. The van der Waals surface area contributed by atoms with Crippen molar-refractivity contribution in [2.75, 3.05) is 33.4 Å². The first-order valence-corrected chi connectivity index (χ1v) is 5.78. The zero-order chi connectivity index (χ0) is 9.97. The summed E-state index contributed by atoms with van der Waals surface area (Å²) in [6, 6.07) is 0.450. The second kappa shape index (κ2) is 4.60. The molecule has 0 amide bonds. The van der Waals surface area contributed by atoms with Crippen molar-refractivity contribution in [3.05, 3.63) is 0 Å². The van der Waals surface area contributed by atoms with Gasteiger partial charge in [-0.05, 0) is 24.7 Å². The molecule has 1 aliphatic heterocycles. The van der Waals surface area contributed by atoms with Gasteiger partial charge in [0.25, 0.3) is 0 Å². The molecule has 82 valence electrons. The van der Waals surface area contributed by atoms with Gasteiger partial charge in [-0.25, -0.2) is 0 Å². The van der Waals surface area contributed by atoms with E-state index in [2.05, 4.69) is 4.90 Å². The van der Waals surface area contributed by atoms with E-state index in [0.717, 1.165) is 25.0 Å². The number of hydrogen-bond donors (Lipinski definition) is 1. The third-order valence-corrected chi connectivity index (χ3v) is 3.90. The van der Waals surface area contributed by atoms with Gasteiger partial charge in [0.15, 0.2) is 0 Å². The van der Waals surface area contributed by atoms with Crippen molar-refractivity contribution in [3.8, 4) is 0 Å². The Hall–Kier alpha value is -0.120. The fraction of sp³-hybridized carbons (Fsp3) is 1.00. The molecule has 3 atom stereocenters. The number of rotatable bonds is 4. The summed E-state index contributed by atoms with van der Waals surface area (Å²) in [6.07, 6.45) is 4.32. The fourth-order valence-electron chi connectivity index (χ4n) is 3.08. The smallest absolute Gasteiger partial charge is 0.0630 e. The first kappa shape index (κ1) is 10.4. The Labute approximate surface area is 86.6 Å². The van der Waals surface area contributed by atoms with Crippen molar-refractivity contribution in [1.82, 2.24) is 4.90 Å². The maximum Gasteiger partial charge on any atom is 0.0630 e. The highest BCUT2D eigenvalue weighted by molar-refractivity contribution is 4.91. The van der Waals surface area contributed by atoms with Crippen LogP contribution in [0.1, 0.15) is 19.3 Å². The zero-order valence-electron chi connectivity index (χ0n) is 9.11. The molecule has 2 aliphatic rings. The van der Waals surface area contributed by atoms with Crippen molar-refractivity contribution in [1.29, 1.82) is 0 Å². The quantitative estimate of drug-likeness (QED) is 0.722. The van der Waals surface area contributed by atoms with Crippen molar-refractivity contribution in [2.24, 2.45) is 17.6 Å². The minimum absolute atomic E-state index is 0.450. The molecule has 2 N–H and O–H groups in total. The minimum atomic E-state index is 0.450. The number of ether oxygens (including phenoxy) is 1. The third-order valence-electron chi connectivity index (χ3n) is 3.90. The molecule has 0 aromatic carbocycles. The average molecular weight is 198 g/mol. The van der Waals surface area contributed by atoms with E-state index in [1.807, 2.05) is 0 Å². The van der Waals surface area contributed by atoms with E-state index < -0.39 is 0 Å². The minimum Gasteiger partial charge on any atom is -0.383 e. The summed E-state index contributed by atoms with van der Waals surface area (Å²) in [5.41, 5.74) is 5.77. The second-order valence-electron chi connectivity index (χ2n) is 4.75. The normalized spacial score (nSPS) is 34.7. The molecule has 0 aromatic rings. The highest BCUT2D eigenvalue weighted by Gasteiger charge is 2.38. The maximum atomic E-state index is 5.77. The molecule has 3 heteroatoms. The largest absolute Gasteiger partial charge is 0.383 e. The van der Waals surface area contributed by atoms with E-state index in [4.69, 9.17) is 10.5 Å². The van der Waals surface area contributed by atoms with Gasteiger partial charge in [0, 0.05) is 32.8 Å². The van der Waals surface area contributed by atoms with E-state index in [0.29, 0.717) is 6.04 Å². The highest BCUT2D eigenvalue weighted by Crippen LogP contribution is 2.38. The van der Waals surface area contributed by atoms with Gasteiger partial charge in [-0.3, -0.25) is 4.90 Å². The molecule has 2 rings (SSSR count). The molecular formula is C11H22N2O. The maximum absolute atomic E-state index is 5.77. The Kier molecular flexibility index (Phi) is 3.42. The summed E-state index contributed by atoms with van der Waals surface area (Å²) < 4.78 is 5.21. The van der Waals surface area contributed by atoms with E-state index in [9.17, 15) is 0 Å². The van der Waals surface area contributed by atoms with Gasteiger partial charge < -0.3 is 10.5 Å². The van der Waals surface area contributed by atoms with Crippen molar-refractivity contribution < 1.29 is 4.74 Å². The second-order valence-corrected chi connectivity index (χ2v) is 4.75. The Morgan fingerprint density at radius 1 is 1.36 bits per heavy atom. The molecule has 1 saturated carbocycles. The van der Waals surface area contributed by atoms with Crippen molar-refractivity contribution in [2.45, 2.75) is 25.3 Å². The van der Waals surface area contributed by atoms with Gasteiger partial charge in [-0.15, -0.1) is 0 Å². The van der Waals surface area contributed by atoms with Gasteiger partial charge in [0.2, 0.25) is 0 Å². The molecule has 3 unspecified atom stereocenters. The van der Waals surface area contributed by atoms with Crippen LogP contribution in [0.2, 0.25) is 0 Å². The standard InChI is InChI=1S/C11H22N2O/c1-14-8-11(5-12)13-6-9-3-2-4-10(9)7-13/h9-11H,2-8,12H2,1H3. The molecule has 14 heavy (non-hydrogen) atoms. The third kappa shape index (κ3) is 1.95. The summed E-state index contributed by atoms with van der Waals surface area (Å²) in [6.45, 7) is 4.04. The van der Waals surface area contributed by atoms with E-state index in [1.165, 1.54) is 32.4 Å². The van der Waals surface area contributed by atoms with Crippen LogP contribution in [0, 0.1) is 11.8 Å². The van der Waals surface area contributed by atoms with E-state index in [-0.39, 0.29) is 0 Å². The SMILES string of the molecule is COCC(CN)N1CC2CCCC2C1. The predicted molar refractivity (Wildman–Crippen MR) is 57.1 cm³/mol. The van der Waals surface area contributed by atoms with Gasteiger partial charge in [0.1, 0.15) is 0 Å². The Morgan fingerprint density at radius 2 is 2.00 bits per heavy atom. The first-order chi connectivity index (χ1) is 6.85. The lowest BCUT2D eigenvalue weighted by Crippen LogP contribution is -2.42. The number of likely N-dealkylation sites (tertiary alicyclic amines) is 1. The van der Waals surface area contributed by atoms with Crippen LogP contribution >= 0.6 is 0 Å². The molecule has 0 aromatic heterocycles. The first-order valence-electron chi connectivity index (χ1n) is 5.78. The van der Waals surface area contributed by atoms with Gasteiger partial charge in [-0.2, -0.15) is 0 Å². The lowest BCUT2D eigenvalue weighted by Gasteiger charge is -2.26. The molecule has 0 bridgehead atoms. The summed E-state index contributed by atoms with van der Waals surface area (Å²) in [5.74, 6) is 1.92. The fourth-order valence-corrected chi connectivity index (χ4v) is 3.08. The topological polar surface area (TPSA) is 38.5 Å². The van der Waals surface area contributed by atoms with Gasteiger partial charge in [-0.1, -0.05) is 6.42 Å². The molecule has 1 aliphatic carbocycles. The summed E-state index contributed by atoms with van der Waals surface area (Å²) >= 11 is 0. The molecule has 1 heterocycles. The van der Waals surface area contributed by atoms with Gasteiger partial charge >= 0.3 is 0 Å². The number of nitrogens with zero attached hydrogens (tertiary/aromatic N) is 1. The van der Waals surface area contributed by atoms with Crippen LogP contribution in [0.4, 0.5) is 0 Å². The molecular weight excluding hydrogens is 176 g/mol. The molecule has 1 saturated heterocycles. The van der Waals surface area contributed by atoms with Crippen LogP contribution in [-0.2, 0) is 4.74 Å². The molecule has 0 radical (unpaired) electrons. The Morgan fingerprint density at radius 3 is 2.50 bits per heavy atom. The van der Waals surface area contributed by atoms with Crippen molar-refractivity contribution in [3.63, 3.8) is 0 Å². The lowest BCUT2D eigenvalue weighted by molar-refractivity contribution is 0.104. The summed E-state index contributed by atoms with van der Waals surface area (Å²) in [4.78, 5) is 2.54.